The maximum Gasteiger partial charge on any atom is 0.269 e. The van der Waals surface area contributed by atoms with Crippen LogP contribution in [0.15, 0.2) is 35.0 Å². The summed E-state index contributed by atoms with van der Waals surface area (Å²) < 4.78 is 5.35. The summed E-state index contributed by atoms with van der Waals surface area (Å²) in [4.78, 5) is 10.6. The van der Waals surface area contributed by atoms with Gasteiger partial charge >= 0.3 is 0 Å². The molecule has 0 bridgehead atoms. The highest BCUT2D eigenvalue weighted by Gasteiger charge is 2.34. The number of hydrogen-bond acceptors (Lipinski definition) is 5. The molecule has 6 heteroatoms. The standard InChI is InChI=1S/C15H16N2O4/c18-9-12-8-16-21-15(12)14(10-3-1-4-10)11-5-2-6-13(7-11)17(19)20/h2,5-8,10,14,18H,1,3-4,9H2. The van der Waals surface area contributed by atoms with Gasteiger partial charge in [-0.3, -0.25) is 10.1 Å². The number of benzene rings is 1. The molecule has 1 aromatic carbocycles. The largest absolute Gasteiger partial charge is 0.391 e. The van der Waals surface area contributed by atoms with Gasteiger partial charge in [-0.25, -0.2) is 0 Å². The van der Waals surface area contributed by atoms with Crippen molar-refractivity contribution in [1.29, 1.82) is 0 Å². The zero-order chi connectivity index (χ0) is 14.8. The summed E-state index contributed by atoms with van der Waals surface area (Å²) >= 11 is 0. The molecule has 1 heterocycles. The van der Waals surface area contributed by atoms with E-state index in [0.717, 1.165) is 24.8 Å². The molecule has 110 valence electrons. The molecule has 1 fully saturated rings. The van der Waals surface area contributed by atoms with Crippen LogP contribution < -0.4 is 0 Å². The van der Waals surface area contributed by atoms with Gasteiger partial charge in [0.2, 0.25) is 0 Å². The van der Waals surface area contributed by atoms with Crippen molar-refractivity contribution in [1.82, 2.24) is 5.16 Å². The lowest BCUT2D eigenvalue weighted by atomic mass is 9.71. The third-order valence-electron chi connectivity index (χ3n) is 4.19. The van der Waals surface area contributed by atoms with Gasteiger partial charge in [-0.05, 0) is 24.3 Å². The Balaban J connectivity index is 2.03. The van der Waals surface area contributed by atoms with Crippen molar-refractivity contribution in [2.24, 2.45) is 5.92 Å². The van der Waals surface area contributed by atoms with Gasteiger partial charge in [0.15, 0.2) is 0 Å². The molecule has 0 spiro atoms. The molecular formula is C15H16N2O4. The van der Waals surface area contributed by atoms with E-state index in [1.54, 1.807) is 12.1 Å². The maximum absolute atomic E-state index is 11.0. The second kappa shape index (κ2) is 5.65. The van der Waals surface area contributed by atoms with Crippen LogP contribution in [0.3, 0.4) is 0 Å². The summed E-state index contributed by atoms with van der Waals surface area (Å²) in [5.74, 6) is 0.927. The van der Waals surface area contributed by atoms with Crippen LogP contribution in [-0.4, -0.2) is 15.2 Å². The van der Waals surface area contributed by atoms with E-state index >= 15 is 0 Å². The minimum Gasteiger partial charge on any atom is -0.391 e. The SMILES string of the molecule is O=[N+]([O-])c1cccc(C(c2oncc2CO)C2CCC2)c1. The first-order chi connectivity index (χ1) is 10.2. The number of nitrogens with zero attached hydrogens (tertiary/aromatic N) is 2. The van der Waals surface area contributed by atoms with Crippen LogP contribution in [0.2, 0.25) is 0 Å². The van der Waals surface area contributed by atoms with Crippen LogP contribution in [0.4, 0.5) is 5.69 Å². The fraction of sp³-hybridized carbons (Fsp3) is 0.400. The van der Waals surface area contributed by atoms with Crippen LogP contribution in [-0.2, 0) is 6.61 Å². The Morgan fingerprint density at radius 2 is 2.29 bits per heavy atom. The zero-order valence-electron chi connectivity index (χ0n) is 11.4. The van der Waals surface area contributed by atoms with E-state index in [-0.39, 0.29) is 18.2 Å². The fourth-order valence-corrected chi connectivity index (χ4v) is 2.89. The number of aliphatic hydroxyl groups is 1. The van der Waals surface area contributed by atoms with Gasteiger partial charge in [0.1, 0.15) is 5.76 Å². The predicted molar refractivity (Wildman–Crippen MR) is 74.7 cm³/mol. The van der Waals surface area contributed by atoms with Crippen LogP contribution in [0, 0.1) is 16.0 Å². The fourth-order valence-electron chi connectivity index (χ4n) is 2.89. The second-order valence-corrected chi connectivity index (χ2v) is 5.39. The van der Waals surface area contributed by atoms with Gasteiger partial charge in [-0.15, -0.1) is 0 Å². The zero-order valence-corrected chi connectivity index (χ0v) is 11.4. The van der Waals surface area contributed by atoms with E-state index in [2.05, 4.69) is 5.16 Å². The molecule has 1 aromatic heterocycles. The smallest absolute Gasteiger partial charge is 0.269 e. The Labute approximate surface area is 121 Å². The van der Waals surface area contributed by atoms with Crippen molar-refractivity contribution < 1.29 is 14.6 Å². The Morgan fingerprint density at radius 1 is 1.48 bits per heavy atom. The molecule has 0 aliphatic heterocycles. The summed E-state index contributed by atoms with van der Waals surface area (Å²) in [7, 11) is 0. The average Bonchev–Trinajstić information content (AvgIpc) is 2.90. The first kappa shape index (κ1) is 13.8. The quantitative estimate of drug-likeness (QED) is 0.674. The summed E-state index contributed by atoms with van der Waals surface area (Å²) in [6, 6.07) is 6.63. The Bertz CT molecular complexity index is 649. The summed E-state index contributed by atoms with van der Waals surface area (Å²) in [5.41, 5.74) is 1.57. The van der Waals surface area contributed by atoms with Gasteiger partial charge in [0.05, 0.1) is 17.7 Å². The predicted octanol–water partition coefficient (Wildman–Crippen LogP) is 3.01. The number of aromatic nitrogens is 1. The maximum atomic E-state index is 11.0. The third-order valence-corrected chi connectivity index (χ3v) is 4.19. The number of non-ortho nitro benzene ring substituents is 1. The van der Waals surface area contributed by atoms with Crippen molar-refractivity contribution in [2.45, 2.75) is 31.8 Å². The molecular weight excluding hydrogens is 272 g/mol. The minimum absolute atomic E-state index is 0.0712. The van der Waals surface area contributed by atoms with Crippen LogP contribution in [0.25, 0.3) is 0 Å². The number of rotatable bonds is 5. The normalized spacial score (nSPS) is 16.4. The topological polar surface area (TPSA) is 89.4 Å². The Kier molecular flexibility index (Phi) is 3.70. The molecule has 0 radical (unpaired) electrons. The van der Waals surface area contributed by atoms with Crippen molar-refractivity contribution >= 4 is 5.69 Å². The molecule has 1 aliphatic carbocycles. The summed E-state index contributed by atoms with van der Waals surface area (Å²) in [6.07, 6.45) is 4.77. The highest BCUT2D eigenvalue weighted by molar-refractivity contribution is 5.40. The van der Waals surface area contributed by atoms with E-state index in [4.69, 9.17) is 4.52 Å². The van der Waals surface area contributed by atoms with Gasteiger partial charge in [-0.2, -0.15) is 0 Å². The van der Waals surface area contributed by atoms with Gasteiger partial charge < -0.3 is 9.63 Å². The van der Waals surface area contributed by atoms with E-state index < -0.39 is 4.92 Å². The van der Waals surface area contributed by atoms with Crippen LogP contribution >= 0.6 is 0 Å². The van der Waals surface area contributed by atoms with Crippen molar-refractivity contribution in [3.8, 4) is 0 Å². The van der Waals surface area contributed by atoms with E-state index in [0.29, 0.717) is 17.2 Å². The number of nitro benzene ring substituents is 1. The first-order valence-corrected chi connectivity index (χ1v) is 6.99. The molecule has 1 aliphatic rings. The minimum atomic E-state index is -0.394. The molecule has 1 unspecified atom stereocenters. The lowest BCUT2D eigenvalue weighted by molar-refractivity contribution is -0.384. The number of nitro groups is 1. The highest BCUT2D eigenvalue weighted by atomic mass is 16.6. The average molecular weight is 288 g/mol. The van der Waals surface area contributed by atoms with Crippen molar-refractivity contribution in [3.05, 3.63) is 57.5 Å². The molecule has 0 saturated heterocycles. The molecule has 0 amide bonds. The molecule has 3 rings (SSSR count). The van der Waals surface area contributed by atoms with E-state index in [1.165, 1.54) is 12.3 Å². The molecule has 2 aromatic rings. The van der Waals surface area contributed by atoms with Gasteiger partial charge in [0, 0.05) is 23.6 Å². The van der Waals surface area contributed by atoms with Crippen LogP contribution in [0.5, 0.6) is 0 Å². The summed E-state index contributed by atoms with van der Waals surface area (Å²) in [6.45, 7) is -0.142. The molecule has 1 atom stereocenters. The van der Waals surface area contributed by atoms with E-state index in [9.17, 15) is 15.2 Å². The Hall–Kier alpha value is -2.21. The van der Waals surface area contributed by atoms with Gasteiger partial charge in [-0.1, -0.05) is 23.7 Å². The molecule has 6 nitrogen and oxygen atoms in total. The van der Waals surface area contributed by atoms with Gasteiger partial charge in [0.25, 0.3) is 5.69 Å². The lowest BCUT2D eigenvalue weighted by Gasteiger charge is -2.33. The van der Waals surface area contributed by atoms with E-state index in [1.807, 2.05) is 6.07 Å². The third kappa shape index (κ3) is 2.54. The van der Waals surface area contributed by atoms with Crippen LogP contribution in [0.1, 0.15) is 42.1 Å². The first-order valence-electron chi connectivity index (χ1n) is 6.99. The van der Waals surface area contributed by atoms with Crippen molar-refractivity contribution in [2.75, 3.05) is 0 Å². The summed E-state index contributed by atoms with van der Waals surface area (Å²) in [5, 5.41) is 24.1. The number of aliphatic hydroxyl groups excluding tert-OH is 1. The molecule has 21 heavy (non-hydrogen) atoms. The lowest BCUT2D eigenvalue weighted by Crippen LogP contribution is -2.22. The van der Waals surface area contributed by atoms with Crippen molar-refractivity contribution in [3.63, 3.8) is 0 Å². The molecule has 1 N–H and O–H groups in total. The number of hydrogen-bond donors (Lipinski definition) is 1. The second-order valence-electron chi connectivity index (χ2n) is 5.39. The highest BCUT2D eigenvalue weighted by Crippen LogP contribution is 2.44. The molecule has 1 saturated carbocycles. The Morgan fingerprint density at radius 3 is 2.90 bits per heavy atom. The monoisotopic (exact) mass is 288 g/mol.